The maximum absolute atomic E-state index is 14.2. The molecule has 1 fully saturated rings. The standard InChI is InChI=1S/C28H29FN4O6/c1-17-26-31-24(25(28(37)32(26)11-12-38-17)39-16-18-5-3-2-4-6-18)27(36)30-14-19-7-8-20(29)13-22(19)33-21(15-34)9-10-23(33)35/h2-8,13,17,21,34H,9-12,14-16H2,1H3,(H,30,36). The fourth-order valence-electron chi connectivity index (χ4n) is 4.91. The quantitative estimate of drug-likeness (QED) is 0.454. The zero-order chi connectivity index (χ0) is 27.5. The van der Waals surface area contributed by atoms with Gasteiger partial charge in [0.1, 0.15) is 24.4 Å². The van der Waals surface area contributed by atoms with Crippen molar-refractivity contribution in [1.82, 2.24) is 14.9 Å². The summed E-state index contributed by atoms with van der Waals surface area (Å²) < 4.78 is 27.1. The van der Waals surface area contributed by atoms with E-state index in [4.69, 9.17) is 9.47 Å². The van der Waals surface area contributed by atoms with E-state index < -0.39 is 29.4 Å². The summed E-state index contributed by atoms with van der Waals surface area (Å²) in [5.74, 6) is -1.31. The number of fused-ring (bicyclic) bond motifs is 1. The smallest absolute Gasteiger partial charge is 0.296 e. The maximum Gasteiger partial charge on any atom is 0.296 e. The average molecular weight is 537 g/mol. The number of nitrogens with one attached hydrogen (secondary N) is 1. The average Bonchev–Trinajstić information content (AvgIpc) is 3.32. The second-order valence-corrected chi connectivity index (χ2v) is 9.49. The molecule has 2 aliphatic heterocycles. The van der Waals surface area contributed by atoms with Crippen molar-refractivity contribution >= 4 is 17.5 Å². The second-order valence-electron chi connectivity index (χ2n) is 9.49. The van der Waals surface area contributed by atoms with Crippen LogP contribution in [-0.2, 0) is 29.2 Å². The molecule has 0 aliphatic carbocycles. The van der Waals surface area contributed by atoms with Crippen molar-refractivity contribution in [3.05, 3.63) is 87.3 Å². The number of benzene rings is 2. The van der Waals surface area contributed by atoms with Gasteiger partial charge >= 0.3 is 0 Å². The third-order valence-electron chi connectivity index (χ3n) is 6.93. The first-order valence-electron chi connectivity index (χ1n) is 12.8. The number of amides is 2. The molecule has 39 heavy (non-hydrogen) atoms. The summed E-state index contributed by atoms with van der Waals surface area (Å²) in [7, 11) is 0. The van der Waals surface area contributed by atoms with Gasteiger partial charge in [0.05, 0.1) is 31.5 Å². The van der Waals surface area contributed by atoms with Gasteiger partial charge in [0.25, 0.3) is 11.5 Å². The molecular weight excluding hydrogens is 507 g/mol. The summed E-state index contributed by atoms with van der Waals surface area (Å²) in [4.78, 5) is 45.2. The Hall–Kier alpha value is -4.09. The van der Waals surface area contributed by atoms with Crippen LogP contribution >= 0.6 is 0 Å². The number of ether oxygens (including phenoxy) is 2. The van der Waals surface area contributed by atoms with Gasteiger partial charge in [-0.3, -0.25) is 19.0 Å². The molecule has 11 heteroatoms. The third kappa shape index (κ3) is 5.41. The lowest BCUT2D eigenvalue weighted by Crippen LogP contribution is -2.38. The summed E-state index contributed by atoms with van der Waals surface area (Å²) in [5.41, 5.74) is 0.891. The summed E-state index contributed by atoms with van der Waals surface area (Å²) in [6.07, 6.45) is 0.184. The Morgan fingerprint density at radius 2 is 2.03 bits per heavy atom. The van der Waals surface area contributed by atoms with Gasteiger partial charge in [-0.2, -0.15) is 0 Å². The highest BCUT2D eigenvalue weighted by atomic mass is 19.1. The third-order valence-corrected chi connectivity index (χ3v) is 6.93. The Labute approximate surface area is 224 Å². The number of hydrogen-bond acceptors (Lipinski definition) is 7. The summed E-state index contributed by atoms with van der Waals surface area (Å²) in [5, 5.41) is 12.5. The van der Waals surface area contributed by atoms with Gasteiger partial charge < -0.3 is 24.8 Å². The molecule has 204 valence electrons. The number of hydrogen-bond donors (Lipinski definition) is 2. The molecule has 1 aromatic heterocycles. The second kappa shape index (κ2) is 11.3. The van der Waals surface area contributed by atoms with E-state index in [9.17, 15) is 23.9 Å². The van der Waals surface area contributed by atoms with Crippen LogP contribution in [0, 0.1) is 5.82 Å². The Morgan fingerprint density at radius 3 is 2.79 bits per heavy atom. The predicted octanol–water partition coefficient (Wildman–Crippen LogP) is 2.47. The number of aliphatic hydroxyl groups is 1. The first-order valence-corrected chi connectivity index (χ1v) is 12.8. The van der Waals surface area contributed by atoms with Crippen molar-refractivity contribution in [3.63, 3.8) is 0 Å². The van der Waals surface area contributed by atoms with E-state index in [1.807, 2.05) is 30.3 Å². The summed E-state index contributed by atoms with van der Waals surface area (Å²) >= 11 is 0. The van der Waals surface area contributed by atoms with Crippen LogP contribution in [0.2, 0.25) is 0 Å². The molecular formula is C28H29FN4O6. The molecule has 2 unspecified atom stereocenters. The van der Waals surface area contributed by atoms with Crippen LogP contribution in [0.25, 0.3) is 0 Å². The van der Waals surface area contributed by atoms with Crippen molar-refractivity contribution in [2.24, 2.45) is 0 Å². The Bertz CT molecular complexity index is 1440. The molecule has 2 aliphatic rings. The Kier molecular flexibility index (Phi) is 7.71. The van der Waals surface area contributed by atoms with Crippen LogP contribution in [0.1, 0.15) is 53.3 Å². The topological polar surface area (TPSA) is 123 Å². The molecule has 3 heterocycles. The van der Waals surface area contributed by atoms with Gasteiger partial charge in [-0.05, 0) is 36.6 Å². The molecule has 2 aromatic carbocycles. The van der Waals surface area contributed by atoms with Gasteiger partial charge in [-0.25, -0.2) is 9.37 Å². The zero-order valence-electron chi connectivity index (χ0n) is 21.4. The van der Waals surface area contributed by atoms with E-state index in [0.29, 0.717) is 24.4 Å². The number of aromatic nitrogens is 2. The van der Waals surface area contributed by atoms with Gasteiger partial charge in [0, 0.05) is 13.0 Å². The van der Waals surface area contributed by atoms with Crippen LogP contribution in [0.5, 0.6) is 5.75 Å². The van der Waals surface area contributed by atoms with Gasteiger partial charge in [-0.1, -0.05) is 36.4 Å². The minimum atomic E-state index is -0.668. The van der Waals surface area contributed by atoms with Crippen molar-refractivity contribution in [3.8, 4) is 5.75 Å². The first-order chi connectivity index (χ1) is 18.9. The van der Waals surface area contributed by atoms with Crippen LogP contribution < -0.4 is 20.5 Å². The first kappa shape index (κ1) is 26.5. The van der Waals surface area contributed by atoms with Crippen molar-refractivity contribution in [1.29, 1.82) is 0 Å². The molecule has 10 nitrogen and oxygen atoms in total. The SMILES string of the molecule is CC1OCCn2c1nc(C(=O)NCc1ccc(F)cc1N1C(=O)CCC1CO)c(OCc1ccccc1)c2=O. The number of aliphatic hydroxyl groups excluding tert-OH is 1. The molecule has 2 amide bonds. The molecule has 5 rings (SSSR count). The van der Waals surface area contributed by atoms with Crippen LogP contribution in [0.15, 0.2) is 53.3 Å². The van der Waals surface area contributed by atoms with E-state index in [1.54, 1.807) is 6.92 Å². The molecule has 2 atom stereocenters. The number of anilines is 1. The fraction of sp³-hybridized carbons (Fsp3) is 0.357. The van der Waals surface area contributed by atoms with E-state index >= 15 is 0 Å². The summed E-state index contributed by atoms with van der Waals surface area (Å²) in [6.45, 7) is 2.07. The Morgan fingerprint density at radius 1 is 1.23 bits per heavy atom. The lowest BCUT2D eigenvalue weighted by molar-refractivity contribution is -0.117. The number of rotatable bonds is 8. The van der Waals surface area contributed by atoms with E-state index in [0.717, 1.165) is 5.56 Å². The minimum absolute atomic E-state index is 0.0607. The van der Waals surface area contributed by atoms with Crippen LogP contribution in [0.3, 0.4) is 0 Å². The Balaban J connectivity index is 1.45. The monoisotopic (exact) mass is 536 g/mol. The molecule has 2 N–H and O–H groups in total. The van der Waals surface area contributed by atoms with E-state index in [2.05, 4.69) is 10.3 Å². The highest BCUT2D eigenvalue weighted by Crippen LogP contribution is 2.31. The molecule has 0 saturated carbocycles. The summed E-state index contributed by atoms with van der Waals surface area (Å²) in [6, 6.07) is 12.7. The molecule has 1 saturated heterocycles. The highest BCUT2D eigenvalue weighted by molar-refractivity contribution is 5.97. The lowest BCUT2D eigenvalue weighted by Gasteiger charge is -2.26. The van der Waals surface area contributed by atoms with Crippen molar-refractivity contribution in [2.75, 3.05) is 18.1 Å². The number of nitrogens with zero attached hydrogens (tertiary/aromatic N) is 3. The maximum atomic E-state index is 14.2. The van der Waals surface area contributed by atoms with E-state index in [-0.39, 0.29) is 55.8 Å². The normalized spacial score (nSPS) is 18.6. The van der Waals surface area contributed by atoms with Gasteiger partial charge in [0.2, 0.25) is 11.7 Å². The predicted molar refractivity (Wildman–Crippen MR) is 139 cm³/mol. The zero-order valence-corrected chi connectivity index (χ0v) is 21.4. The largest absolute Gasteiger partial charge is 0.481 e. The fourth-order valence-corrected chi connectivity index (χ4v) is 4.91. The molecule has 0 radical (unpaired) electrons. The highest BCUT2D eigenvalue weighted by Gasteiger charge is 2.33. The van der Waals surface area contributed by atoms with Gasteiger partial charge in [-0.15, -0.1) is 0 Å². The number of carbonyl (C=O) groups excluding carboxylic acids is 2. The van der Waals surface area contributed by atoms with Gasteiger partial charge in [0.15, 0.2) is 5.69 Å². The van der Waals surface area contributed by atoms with E-state index in [1.165, 1.54) is 27.7 Å². The van der Waals surface area contributed by atoms with Crippen molar-refractivity contribution in [2.45, 2.75) is 51.6 Å². The molecule has 0 spiro atoms. The number of halogens is 1. The molecule has 3 aromatic rings. The van der Waals surface area contributed by atoms with Crippen molar-refractivity contribution < 1.29 is 28.6 Å². The van der Waals surface area contributed by atoms with Crippen LogP contribution in [-0.4, -0.2) is 45.7 Å². The number of carbonyl (C=O) groups is 2. The van der Waals surface area contributed by atoms with Crippen LogP contribution in [0.4, 0.5) is 10.1 Å². The molecule has 0 bridgehead atoms. The lowest BCUT2D eigenvalue weighted by atomic mass is 10.1. The minimum Gasteiger partial charge on any atom is -0.481 e.